The Morgan fingerprint density at radius 1 is 1.25 bits per heavy atom. The number of nitrogens with one attached hydrogen (secondary N) is 2. The molecule has 20 heavy (non-hydrogen) atoms. The van der Waals surface area contributed by atoms with Crippen LogP contribution in [0.5, 0.6) is 5.75 Å². The smallest absolute Gasteiger partial charge is 0.221 e. The lowest BCUT2D eigenvalue weighted by Gasteiger charge is -2.16. The van der Waals surface area contributed by atoms with E-state index in [1.807, 2.05) is 45.0 Å². The average molecular weight is 278 g/mol. The third-order valence-electron chi connectivity index (χ3n) is 2.94. The molecule has 0 bridgehead atoms. The summed E-state index contributed by atoms with van der Waals surface area (Å²) in [6, 6.07) is 8.03. The second kappa shape index (κ2) is 8.46. The molecule has 0 radical (unpaired) electrons. The molecule has 1 aromatic rings. The number of amides is 1. The fourth-order valence-electron chi connectivity index (χ4n) is 1.73. The van der Waals surface area contributed by atoms with E-state index >= 15 is 0 Å². The van der Waals surface area contributed by atoms with Gasteiger partial charge in [-0.15, -0.1) is 0 Å². The van der Waals surface area contributed by atoms with Crippen LogP contribution in [0.3, 0.4) is 0 Å². The molecule has 1 unspecified atom stereocenters. The molecule has 1 amide bonds. The van der Waals surface area contributed by atoms with Crippen molar-refractivity contribution in [1.82, 2.24) is 5.32 Å². The number of carbonyl (C=O) groups is 1. The van der Waals surface area contributed by atoms with Gasteiger partial charge in [-0.25, -0.2) is 0 Å². The Kier molecular flexibility index (Phi) is 6.91. The van der Waals surface area contributed by atoms with Crippen LogP contribution in [0.25, 0.3) is 0 Å². The average Bonchev–Trinajstić information content (AvgIpc) is 2.40. The molecule has 0 heterocycles. The minimum absolute atomic E-state index is 0.0779. The van der Waals surface area contributed by atoms with Crippen molar-refractivity contribution < 1.29 is 9.53 Å². The molecule has 0 saturated heterocycles. The summed E-state index contributed by atoms with van der Waals surface area (Å²) in [7, 11) is 0. The maximum atomic E-state index is 11.7. The number of hydrogen-bond donors (Lipinski definition) is 2. The number of rotatable bonds is 8. The molecule has 0 saturated carbocycles. The second-order valence-corrected chi connectivity index (χ2v) is 5.22. The first kappa shape index (κ1) is 16.3. The Labute approximate surface area is 121 Å². The monoisotopic (exact) mass is 278 g/mol. The van der Waals surface area contributed by atoms with Gasteiger partial charge in [-0.2, -0.15) is 0 Å². The summed E-state index contributed by atoms with van der Waals surface area (Å²) in [6.07, 6.45) is 1.54. The molecule has 0 aliphatic carbocycles. The van der Waals surface area contributed by atoms with Crippen LogP contribution in [-0.2, 0) is 4.79 Å². The highest BCUT2D eigenvalue weighted by molar-refractivity contribution is 5.76. The molecule has 4 nitrogen and oxygen atoms in total. The van der Waals surface area contributed by atoms with Crippen LogP contribution in [0.15, 0.2) is 24.3 Å². The highest BCUT2D eigenvalue weighted by Crippen LogP contribution is 2.24. The predicted molar refractivity (Wildman–Crippen MR) is 83.2 cm³/mol. The highest BCUT2D eigenvalue weighted by Gasteiger charge is 2.07. The summed E-state index contributed by atoms with van der Waals surface area (Å²) < 4.78 is 5.72. The molecule has 1 aromatic carbocycles. The van der Waals surface area contributed by atoms with Crippen molar-refractivity contribution in [3.05, 3.63) is 24.3 Å². The molecule has 0 aromatic heterocycles. The standard InChI is InChI=1S/C16H26N2O2/c1-5-13(4)18-16(19)10-11-17-14-8-6-7-9-15(14)20-12(2)3/h6-9,12-13,17H,5,10-11H2,1-4H3,(H,18,19). The third kappa shape index (κ3) is 5.95. The summed E-state index contributed by atoms with van der Waals surface area (Å²) in [6.45, 7) is 8.66. The molecule has 112 valence electrons. The summed E-state index contributed by atoms with van der Waals surface area (Å²) in [5.74, 6) is 0.902. The Balaban J connectivity index is 2.44. The van der Waals surface area contributed by atoms with Crippen molar-refractivity contribution >= 4 is 11.6 Å². The van der Waals surface area contributed by atoms with E-state index in [2.05, 4.69) is 17.6 Å². The lowest BCUT2D eigenvalue weighted by molar-refractivity contribution is -0.121. The van der Waals surface area contributed by atoms with Crippen LogP contribution in [-0.4, -0.2) is 24.6 Å². The number of benzene rings is 1. The van der Waals surface area contributed by atoms with Gasteiger partial charge in [0.25, 0.3) is 0 Å². The molecule has 0 aliphatic heterocycles. The number of ether oxygens (including phenoxy) is 1. The number of hydrogen-bond acceptors (Lipinski definition) is 3. The summed E-state index contributed by atoms with van der Waals surface area (Å²) >= 11 is 0. The second-order valence-electron chi connectivity index (χ2n) is 5.22. The zero-order chi connectivity index (χ0) is 15.0. The first-order valence-electron chi connectivity index (χ1n) is 7.31. The first-order chi connectivity index (χ1) is 9.52. The topological polar surface area (TPSA) is 50.4 Å². The zero-order valence-corrected chi connectivity index (χ0v) is 12.9. The van der Waals surface area contributed by atoms with Gasteiger partial charge in [-0.05, 0) is 39.3 Å². The summed E-state index contributed by atoms with van der Waals surface area (Å²) in [5, 5.41) is 6.21. The SMILES string of the molecule is CCC(C)NC(=O)CCNc1ccccc1OC(C)C. The lowest BCUT2D eigenvalue weighted by Crippen LogP contribution is -2.32. The minimum atomic E-state index is 0.0779. The van der Waals surface area contributed by atoms with Crippen molar-refractivity contribution in [2.45, 2.75) is 52.7 Å². The van der Waals surface area contributed by atoms with Crippen molar-refractivity contribution in [2.24, 2.45) is 0 Å². The van der Waals surface area contributed by atoms with Crippen molar-refractivity contribution in [3.8, 4) is 5.75 Å². The lowest BCUT2D eigenvalue weighted by atomic mass is 10.2. The highest BCUT2D eigenvalue weighted by atomic mass is 16.5. The molecule has 0 aliphatic rings. The molecule has 0 spiro atoms. The van der Waals surface area contributed by atoms with Gasteiger partial charge in [0.15, 0.2) is 0 Å². The Morgan fingerprint density at radius 2 is 1.95 bits per heavy atom. The normalized spacial score (nSPS) is 12.1. The van der Waals surface area contributed by atoms with Gasteiger partial charge in [-0.1, -0.05) is 19.1 Å². The molecule has 4 heteroatoms. The van der Waals surface area contributed by atoms with E-state index in [1.54, 1.807) is 0 Å². The molecule has 1 atom stereocenters. The van der Waals surface area contributed by atoms with Crippen molar-refractivity contribution in [1.29, 1.82) is 0 Å². The van der Waals surface area contributed by atoms with Gasteiger partial charge in [-0.3, -0.25) is 4.79 Å². The molecule has 2 N–H and O–H groups in total. The van der Waals surface area contributed by atoms with Crippen molar-refractivity contribution in [3.63, 3.8) is 0 Å². The van der Waals surface area contributed by atoms with Crippen molar-refractivity contribution in [2.75, 3.05) is 11.9 Å². The van der Waals surface area contributed by atoms with Crippen LogP contribution in [0.2, 0.25) is 0 Å². The Hall–Kier alpha value is -1.71. The van der Waals surface area contributed by atoms with E-state index in [0.29, 0.717) is 13.0 Å². The Bertz CT molecular complexity index is 419. The van der Waals surface area contributed by atoms with Crippen LogP contribution < -0.4 is 15.4 Å². The third-order valence-corrected chi connectivity index (χ3v) is 2.94. The van der Waals surface area contributed by atoms with Gasteiger partial charge >= 0.3 is 0 Å². The van der Waals surface area contributed by atoms with Gasteiger partial charge in [0.05, 0.1) is 11.8 Å². The summed E-state index contributed by atoms with van der Waals surface area (Å²) in [4.78, 5) is 11.7. The maximum absolute atomic E-state index is 11.7. The van der Waals surface area contributed by atoms with E-state index < -0.39 is 0 Å². The molecular weight excluding hydrogens is 252 g/mol. The largest absolute Gasteiger partial charge is 0.489 e. The minimum Gasteiger partial charge on any atom is -0.489 e. The predicted octanol–water partition coefficient (Wildman–Crippen LogP) is 3.19. The number of para-hydroxylation sites is 2. The van der Waals surface area contributed by atoms with E-state index in [-0.39, 0.29) is 18.1 Å². The fraction of sp³-hybridized carbons (Fsp3) is 0.562. The van der Waals surface area contributed by atoms with Crippen LogP contribution >= 0.6 is 0 Å². The first-order valence-corrected chi connectivity index (χ1v) is 7.31. The number of anilines is 1. The Morgan fingerprint density at radius 3 is 2.60 bits per heavy atom. The number of carbonyl (C=O) groups excluding carboxylic acids is 1. The van der Waals surface area contributed by atoms with Crippen LogP contribution in [0.4, 0.5) is 5.69 Å². The van der Waals surface area contributed by atoms with Gasteiger partial charge in [0.1, 0.15) is 5.75 Å². The van der Waals surface area contributed by atoms with Gasteiger partial charge in [0, 0.05) is 19.0 Å². The molecule has 0 fully saturated rings. The molecule has 1 rings (SSSR count). The molecular formula is C16H26N2O2. The van der Waals surface area contributed by atoms with E-state index in [9.17, 15) is 4.79 Å². The van der Waals surface area contributed by atoms with E-state index in [0.717, 1.165) is 17.9 Å². The van der Waals surface area contributed by atoms with Crippen LogP contribution in [0, 0.1) is 0 Å². The van der Waals surface area contributed by atoms with Gasteiger partial charge < -0.3 is 15.4 Å². The van der Waals surface area contributed by atoms with Gasteiger partial charge in [0.2, 0.25) is 5.91 Å². The summed E-state index contributed by atoms with van der Waals surface area (Å²) in [5.41, 5.74) is 0.928. The zero-order valence-electron chi connectivity index (χ0n) is 12.9. The quantitative estimate of drug-likeness (QED) is 0.768. The van der Waals surface area contributed by atoms with E-state index in [1.165, 1.54) is 0 Å². The maximum Gasteiger partial charge on any atom is 0.221 e. The van der Waals surface area contributed by atoms with E-state index in [4.69, 9.17) is 4.74 Å². The fourth-order valence-corrected chi connectivity index (χ4v) is 1.73. The van der Waals surface area contributed by atoms with Crippen LogP contribution in [0.1, 0.15) is 40.5 Å².